The molecule has 2 aliphatic heterocycles. The first-order chi connectivity index (χ1) is 24.0. The molecule has 2 aliphatic carbocycles. The van der Waals surface area contributed by atoms with E-state index in [4.69, 9.17) is 21.3 Å². The molecule has 2 fully saturated rings. The Morgan fingerprint density at radius 2 is 2.00 bits per heavy atom. The molecular weight excluding hydrogens is 679 g/mol. The Bertz CT molecular complexity index is 2160. The molecule has 0 radical (unpaired) electrons. The number of aromatic hydroxyl groups is 1. The summed E-state index contributed by atoms with van der Waals surface area (Å²) < 4.78 is 48.0. The molecule has 5 heterocycles. The number of fused-ring (bicyclic) bond motifs is 5. The number of amides is 2. The summed E-state index contributed by atoms with van der Waals surface area (Å²) in [5.74, 6) is -0.657. The van der Waals surface area contributed by atoms with Crippen LogP contribution in [-0.2, 0) is 34.1 Å². The van der Waals surface area contributed by atoms with Crippen molar-refractivity contribution in [2.45, 2.75) is 62.7 Å². The number of aromatic nitrogens is 5. The second-order valence-corrected chi connectivity index (χ2v) is 13.6. The molecule has 12 nitrogen and oxygen atoms in total. The quantitative estimate of drug-likeness (QED) is 0.306. The van der Waals surface area contributed by atoms with E-state index < -0.39 is 23.1 Å². The van der Waals surface area contributed by atoms with Crippen molar-refractivity contribution in [2.24, 2.45) is 5.92 Å². The second kappa shape index (κ2) is 11.9. The van der Waals surface area contributed by atoms with Crippen LogP contribution in [-0.4, -0.2) is 71.8 Å². The first-order valence-corrected chi connectivity index (χ1v) is 16.8. The number of pyridine rings is 1. The van der Waals surface area contributed by atoms with E-state index in [1.54, 1.807) is 15.5 Å². The summed E-state index contributed by atoms with van der Waals surface area (Å²) in [5.41, 5.74) is 0.141. The van der Waals surface area contributed by atoms with Crippen molar-refractivity contribution in [1.29, 1.82) is 0 Å². The number of piperidine rings is 1. The molecular formula is C34H31ClF3N7O5. The summed E-state index contributed by atoms with van der Waals surface area (Å²) in [6, 6.07) is 5.51. The summed E-state index contributed by atoms with van der Waals surface area (Å²) in [6.07, 6.45) is 2.34. The van der Waals surface area contributed by atoms with Crippen LogP contribution in [0.1, 0.15) is 65.2 Å². The second-order valence-electron chi connectivity index (χ2n) is 13.2. The van der Waals surface area contributed by atoms with E-state index in [1.807, 2.05) is 6.08 Å². The lowest BCUT2D eigenvalue weighted by Crippen LogP contribution is -2.63. The average Bonchev–Trinajstić information content (AvgIpc) is 3.68. The number of nitrogens with zero attached hydrogens (tertiary/aromatic N) is 6. The zero-order chi connectivity index (χ0) is 34.9. The number of likely N-dealkylation sites (tertiary alicyclic amines) is 1. The zero-order valence-electron chi connectivity index (χ0n) is 26.5. The van der Waals surface area contributed by atoms with Crippen molar-refractivity contribution in [3.05, 3.63) is 86.3 Å². The third kappa shape index (κ3) is 5.16. The van der Waals surface area contributed by atoms with Crippen molar-refractivity contribution < 1.29 is 32.6 Å². The van der Waals surface area contributed by atoms with Gasteiger partial charge in [-0.3, -0.25) is 14.4 Å². The molecule has 1 saturated carbocycles. The van der Waals surface area contributed by atoms with Gasteiger partial charge in [-0.25, -0.2) is 4.98 Å². The highest BCUT2D eigenvalue weighted by Crippen LogP contribution is 2.56. The van der Waals surface area contributed by atoms with Gasteiger partial charge in [-0.1, -0.05) is 17.7 Å². The fourth-order valence-corrected chi connectivity index (χ4v) is 8.45. The lowest BCUT2D eigenvalue weighted by atomic mass is 9.56. The number of carbonyl (C=O) groups is 2. The molecule has 50 heavy (non-hydrogen) atoms. The highest BCUT2D eigenvalue weighted by Gasteiger charge is 2.58. The number of hydrogen-bond acceptors (Lipinski definition) is 8. The van der Waals surface area contributed by atoms with Crippen LogP contribution in [0.4, 0.5) is 18.9 Å². The molecule has 260 valence electrons. The van der Waals surface area contributed by atoms with Crippen molar-refractivity contribution >= 4 is 40.5 Å². The highest BCUT2D eigenvalue weighted by molar-refractivity contribution is 6.33. The Labute approximate surface area is 287 Å². The Balaban J connectivity index is 1.18. The monoisotopic (exact) mass is 709 g/mol. The molecule has 4 aromatic rings. The Kier molecular flexibility index (Phi) is 7.75. The molecule has 1 spiro atoms. The smallest absolute Gasteiger partial charge is 0.416 e. The lowest BCUT2D eigenvalue weighted by Gasteiger charge is -2.57. The van der Waals surface area contributed by atoms with Crippen LogP contribution in [0.25, 0.3) is 11.4 Å². The number of benzene rings is 1. The SMILES string of the molecule is O=C(Cn1c2c(c(=O)n3nc(C4=CCOCC4)nc13)[C@]1(CC2)CCN(C(=O)c2ncccc2O)[C@@H]2CC[C@@H]21)Nc1ccc(C(F)(F)F)cc1Cl. The van der Waals surface area contributed by atoms with Crippen LogP contribution in [0.15, 0.2) is 47.4 Å². The molecule has 8 rings (SSSR count). The number of anilines is 1. The van der Waals surface area contributed by atoms with Gasteiger partial charge < -0.3 is 24.6 Å². The number of nitrogens with one attached hydrogen (secondary N) is 1. The van der Waals surface area contributed by atoms with Crippen molar-refractivity contribution in [3.8, 4) is 5.75 Å². The molecule has 3 aromatic heterocycles. The molecule has 2 N–H and O–H groups in total. The van der Waals surface area contributed by atoms with Gasteiger partial charge in [0.25, 0.3) is 11.5 Å². The van der Waals surface area contributed by atoms with Crippen LogP contribution in [0.5, 0.6) is 5.75 Å². The summed E-state index contributed by atoms with van der Waals surface area (Å²) in [7, 11) is 0. The van der Waals surface area contributed by atoms with Gasteiger partial charge in [-0.2, -0.15) is 22.7 Å². The maximum atomic E-state index is 14.5. The van der Waals surface area contributed by atoms with Gasteiger partial charge in [0.2, 0.25) is 11.7 Å². The van der Waals surface area contributed by atoms with E-state index in [1.165, 1.54) is 16.8 Å². The van der Waals surface area contributed by atoms with Gasteiger partial charge in [-0.05, 0) is 80.3 Å². The van der Waals surface area contributed by atoms with Crippen molar-refractivity contribution in [2.75, 3.05) is 25.1 Å². The van der Waals surface area contributed by atoms with E-state index in [0.717, 1.165) is 36.6 Å². The highest BCUT2D eigenvalue weighted by atomic mass is 35.5. The molecule has 0 bridgehead atoms. The summed E-state index contributed by atoms with van der Waals surface area (Å²) in [4.78, 5) is 52.2. The topological polar surface area (TPSA) is 144 Å². The summed E-state index contributed by atoms with van der Waals surface area (Å²) in [5, 5.41) is 17.3. The molecule has 3 atom stereocenters. The number of halogens is 4. The normalized spacial score (nSPS) is 23.0. The zero-order valence-corrected chi connectivity index (χ0v) is 27.3. The van der Waals surface area contributed by atoms with Crippen molar-refractivity contribution in [3.63, 3.8) is 0 Å². The fourth-order valence-electron chi connectivity index (χ4n) is 8.23. The minimum atomic E-state index is -4.60. The lowest BCUT2D eigenvalue weighted by molar-refractivity contribution is -0.137. The van der Waals surface area contributed by atoms with Crippen LogP contribution < -0.4 is 10.9 Å². The minimum absolute atomic E-state index is 0.0117. The minimum Gasteiger partial charge on any atom is -0.505 e. The van der Waals surface area contributed by atoms with E-state index in [9.17, 15) is 32.7 Å². The average molecular weight is 710 g/mol. The predicted molar refractivity (Wildman–Crippen MR) is 174 cm³/mol. The number of alkyl halides is 3. The molecule has 4 aliphatic rings. The first-order valence-electron chi connectivity index (χ1n) is 16.4. The fraction of sp³-hybridized carbons (Fsp3) is 0.412. The number of rotatable bonds is 5. The van der Waals surface area contributed by atoms with Gasteiger partial charge in [0.1, 0.15) is 12.3 Å². The molecule has 1 saturated heterocycles. The molecule has 2 amide bonds. The summed E-state index contributed by atoms with van der Waals surface area (Å²) >= 11 is 6.15. The van der Waals surface area contributed by atoms with Gasteiger partial charge in [0.05, 0.1) is 29.5 Å². The van der Waals surface area contributed by atoms with Crippen LogP contribution >= 0.6 is 11.6 Å². The van der Waals surface area contributed by atoms with Gasteiger partial charge in [0.15, 0.2) is 11.5 Å². The Hall–Kier alpha value is -4.76. The first kappa shape index (κ1) is 32.4. The van der Waals surface area contributed by atoms with E-state index >= 15 is 0 Å². The van der Waals surface area contributed by atoms with E-state index in [-0.39, 0.29) is 57.9 Å². The number of carbonyl (C=O) groups excluding carboxylic acids is 2. The maximum Gasteiger partial charge on any atom is 0.416 e. The Morgan fingerprint density at radius 3 is 2.70 bits per heavy atom. The standard InChI is InChI=1S/C34H31ClF3N7O5/c35-21-16-19(34(36,37)38)3-5-22(21)40-26(47)17-44-24-7-10-33(27(24)30(48)45-32(44)41-29(42-45)18-8-14-50-15-9-18)11-13-43(23-6-4-20(23)33)31(49)28-25(46)2-1-12-39-28/h1-3,5,8,12,16,20,23,46H,4,6-7,9-11,13-15,17H2,(H,40,47)/t20-,23+,33+/m0/s1. The largest absolute Gasteiger partial charge is 0.505 e. The molecule has 16 heteroatoms. The van der Waals surface area contributed by atoms with Gasteiger partial charge >= 0.3 is 6.18 Å². The van der Waals surface area contributed by atoms with E-state index in [0.29, 0.717) is 62.5 Å². The third-order valence-electron chi connectivity index (χ3n) is 10.7. The Morgan fingerprint density at radius 1 is 1.16 bits per heavy atom. The molecule has 1 aromatic carbocycles. The van der Waals surface area contributed by atoms with Gasteiger partial charge in [-0.15, -0.1) is 5.10 Å². The third-order valence-corrected chi connectivity index (χ3v) is 11.0. The number of ether oxygens (including phenoxy) is 1. The van der Waals surface area contributed by atoms with Crippen LogP contribution in [0.2, 0.25) is 5.02 Å². The van der Waals surface area contributed by atoms with E-state index in [2.05, 4.69) is 15.4 Å². The van der Waals surface area contributed by atoms with Crippen LogP contribution in [0, 0.1) is 5.92 Å². The summed E-state index contributed by atoms with van der Waals surface area (Å²) in [6.45, 7) is 0.877. The number of hydrogen-bond donors (Lipinski definition) is 2. The van der Waals surface area contributed by atoms with Gasteiger partial charge in [0, 0.05) is 35.5 Å². The van der Waals surface area contributed by atoms with Crippen molar-refractivity contribution in [1.82, 2.24) is 29.0 Å². The predicted octanol–water partition coefficient (Wildman–Crippen LogP) is 4.61. The maximum absolute atomic E-state index is 14.5. The van der Waals surface area contributed by atoms with Crippen LogP contribution in [0.3, 0.4) is 0 Å². The molecule has 0 unspecified atom stereocenters.